The minimum absolute atomic E-state index is 0.694. The monoisotopic (exact) mass is 289 g/mol. The van der Waals surface area contributed by atoms with Gasteiger partial charge in [0.2, 0.25) is 0 Å². The molecule has 0 amide bonds. The van der Waals surface area contributed by atoms with Crippen LogP contribution in [0, 0.1) is 35.8 Å². The Morgan fingerprint density at radius 1 is 0.895 bits per heavy atom. The third kappa shape index (κ3) is 11.8. The summed E-state index contributed by atoms with van der Waals surface area (Å²) in [4.78, 5) is 35.9. The van der Waals surface area contributed by atoms with Gasteiger partial charge in [0.15, 0.2) is 0 Å². The predicted octanol–water partition coefficient (Wildman–Crippen LogP) is -1.97. The van der Waals surface area contributed by atoms with Crippen LogP contribution < -0.4 is 0 Å². The van der Waals surface area contributed by atoms with Crippen molar-refractivity contribution in [3.63, 3.8) is 0 Å². The van der Waals surface area contributed by atoms with E-state index in [0.717, 1.165) is 0 Å². The second-order valence-corrected chi connectivity index (χ2v) is 3.05. The Balaban J connectivity index is 0. The summed E-state index contributed by atoms with van der Waals surface area (Å²) in [5.41, 5.74) is -1.57. The number of hydrogen-bond acceptors (Lipinski definition) is 10. The number of rotatable bonds is 8. The van der Waals surface area contributed by atoms with E-state index in [-0.39, 0.29) is 0 Å². The first kappa shape index (κ1) is 18.9. The van der Waals surface area contributed by atoms with E-state index in [0.29, 0.717) is 0 Å². The fraction of sp³-hybridized carbons (Fsp3) is 1.00. The van der Waals surface area contributed by atoms with Crippen LogP contribution >= 0.6 is 0 Å². The van der Waals surface area contributed by atoms with Crippen molar-refractivity contribution in [2.45, 2.75) is 0 Å². The second kappa shape index (κ2) is 9.54. The van der Waals surface area contributed by atoms with E-state index >= 15 is 0 Å². The summed E-state index contributed by atoms with van der Waals surface area (Å²) in [6.07, 6.45) is 0. The van der Waals surface area contributed by atoms with E-state index in [1.54, 1.807) is 0 Å². The molecule has 0 aliphatic carbocycles. The van der Waals surface area contributed by atoms with Gasteiger partial charge in [0.1, 0.15) is 13.2 Å². The topological polar surface area (TPSA) is 209 Å². The summed E-state index contributed by atoms with van der Waals surface area (Å²) in [7, 11) is 0. The highest BCUT2D eigenvalue weighted by molar-refractivity contribution is 4.76. The maximum Gasteiger partial charge on any atom is 0.294 e. The first-order chi connectivity index (χ1) is 8.69. The molecule has 0 heterocycles. The summed E-state index contributed by atoms with van der Waals surface area (Å²) in [5, 5.41) is 48.8. The van der Waals surface area contributed by atoms with Gasteiger partial charge < -0.3 is 25.1 Å². The molecule has 0 aromatic carbocycles. The molecule has 3 N–H and O–H groups in total. The molecule has 0 radical (unpaired) electrons. The molecule has 14 nitrogen and oxygen atoms in total. The van der Waals surface area contributed by atoms with E-state index in [1.165, 1.54) is 0 Å². The van der Waals surface area contributed by atoms with Crippen LogP contribution in [0.4, 0.5) is 0 Å². The van der Waals surface area contributed by atoms with Crippen molar-refractivity contribution in [1.82, 2.24) is 0 Å². The van der Waals surface area contributed by atoms with Crippen LogP contribution in [-0.2, 0) is 9.68 Å². The number of hydrogen-bond donors (Lipinski definition) is 3. The number of nitrogens with zero attached hydrogens (tertiary/aromatic N) is 3. The number of aliphatic hydroxyl groups is 2. The van der Waals surface area contributed by atoms with Gasteiger partial charge in [0.25, 0.3) is 15.3 Å². The van der Waals surface area contributed by atoms with Crippen molar-refractivity contribution in [1.29, 1.82) is 0 Å². The maximum atomic E-state index is 9.86. The average molecular weight is 289 g/mol. The molecule has 112 valence electrons. The zero-order valence-corrected chi connectivity index (χ0v) is 9.28. The van der Waals surface area contributed by atoms with Crippen LogP contribution in [0.2, 0.25) is 0 Å². The van der Waals surface area contributed by atoms with Gasteiger partial charge in [-0.1, -0.05) is 0 Å². The Labute approximate surface area is 104 Å². The summed E-state index contributed by atoms with van der Waals surface area (Å²) >= 11 is 0. The Morgan fingerprint density at radius 2 is 1.16 bits per heavy atom. The molecule has 0 aliphatic rings. The molecule has 0 aromatic rings. The molecular formula is C5H11N3O11. The molecule has 0 saturated heterocycles. The third-order valence-electron chi connectivity index (χ3n) is 1.62. The molecule has 0 spiro atoms. The van der Waals surface area contributed by atoms with Crippen LogP contribution in [0.1, 0.15) is 0 Å². The van der Waals surface area contributed by atoms with E-state index in [1.807, 2.05) is 0 Å². The fourth-order valence-electron chi connectivity index (χ4n) is 0.654. The molecule has 0 aliphatic heterocycles. The Hall–Kier alpha value is -2.48. The lowest BCUT2D eigenvalue weighted by Gasteiger charge is -2.26. The summed E-state index contributed by atoms with van der Waals surface area (Å²) < 4.78 is 0. The summed E-state index contributed by atoms with van der Waals surface area (Å²) in [6.45, 7) is -2.88. The van der Waals surface area contributed by atoms with Gasteiger partial charge in [0, 0.05) is 0 Å². The number of aliphatic hydroxyl groups excluding tert-OH is 2. The molecule has 19 heavy (non-hydrogen) atoms. The van der Waals surface area contributed by atoms with Gasteiger partial charge in [-0.3, -0.25) is 0 Å². The zero-order valence-electron chi connectivity index (χ0n) is 9.28. The van der Waals surface area contributed by atoms with E-state index in [9.17, 15) is 20.2 Å². The summed E-state index contributed by atoms with van der Waals surface area (Å²) in [5.74, 6) is 0. The molecule has 0 saturated carbocycles. The van der Waals surface area contributed by atoms with Crippen molar-refractivity contribution in [3.05, 3.63) is 30.3 Å². The van der Waals surface area contributed by atoms with Crippen molar-refractivity contribution < 1.29 is 40.4 Å². The van der Waals surface area contributed by atoms with Gasteiger partial charge in [-0.25, -0.2) is 0 Å². The highest BCUT2D eigenvalue weighted by atomic mass is 17.0. The zero-order chi connectivity index (χ0) is 15.5. The van der Waals surface area contributed by atoms with Gasteiger partial charge in [-0.15, -0.1) is 30.3 Å². The van der Waals surface area contributed by atoms with Gasteiger partial charge in [-0.05, 0) is 0 Å². The van der Waals surface area contributed by atoms with E-state index in [4.69, 9.17) is 25.5 Å². The van der Waals surface area contributed by atoms with Crippen LogP contribution in [0.3, 0.4) is 0 Å². The Bertz CT molecular complexity index is 279. The molecule has 0 rings (SSSR count). The predicted molar refractivity (Wildman–Crippen MR) is 51.3 cm³/mol. The molecule has 0 atom stereocenters. The Morgan fingerprint density at radius 3 is 1.32 bits per heavy atom. The molecule has 0 unspecified atom stereocenters. The van der Waals surface area contributed by atoms with Gasteiger partial charge in [0.05, 0.1) is 18.6 Å². The van der Waals surface area contributed by atoms with Crippen LogP contribution in [0.25, 0.3) is 0 Å². The SMILES string of the molecule is O=[N+]([O-])O.O=[N+]([O-])OCC(CO)(CO)CO[N+](=O)[O-]. The third-order valence-corrected chi connectivity index (χ3v) is 1.62. The smallest absolute Gasteiger partial charge is 0.294 e. The summed E-state index contributed by atoms with van der Waals surface area (Å²) in [6, 6.07) is 0. The van der Waals surface area contributed by atoms with Gasteiger partial charge in [-0.2, -0.15) is 0 Å². The first-order valence-electron chi connectivity index (χ1n) is 4.28. The fourth-order valence-corrected chi connectivity index (χ4v) is 0.654. The van der Waals surface area contributed by atoms with Crippen LogP contribution in [0.5, 0.6) is 0 Å². The normalized spacial score (nSPS) is 9.79. The van der Waals surface area contributed by atoms with Crippen LogP contribution in [-0.4, -0.2) is 57.1 Å². The van der Waals surface area contributed by atoms with Crippen molar-refractivity contribution in [2.75, 3.05) is 26.4 Å². The maximum absolute atomic E-state index is 9.86. The minimum atomic E-state index is -1.57. The van der Waals surface area contributed by atoms with Gasteiger partial charge >= 0.3 is 0 Å². The highest BCUT2D eigenvalue weighted by Gasteiger charge is 2.32. The molecule has 0 fully saturated rings. The second-order valence-electron chi connectivity index (χ2n) is 3.05. The largest absolute Gasteiger partial charge is 0.396 e. The standard InChI is InChI=1S/C5H10N2O8.HNO3/c8-1-5(2-9,3-14-6(10)11)4-15-7(12)13;2-1(3)4/h8-9H,1-4H2;(H,2,3,4). The van der Waals surface area contributed by atoms with Crippen molar-refractivity contribution in [3.8, 4) is 0 Å². The lowest BCUT2D eigenvalue weighted by molar-refractivity contribution is -0.772. The van der Waals surface area contributed by atoms with Crippen LogP contribution in [0.15, 0.2) is 0 Å². The van der Waals surface area contributed by atoms with Crippen molar-refractivity contribution >= 4 is 0 Å². The van der Waals surface area contributed by atoms with Crippen molar-refractivity contribution in [2.24, 2.45) is 5.41 Å². The average Bonchev–Trinajstić information content (AvgIpc) is 2.29. The van der Waals surface area contributed by atoms with E-state index < -0.39 is 47.1 Å². The minimum Gasteiger partial charge on any atom is -0.396 e. The molecule has 14 heteroatoms. The molecule has 0 bridgehead atoms. The highest BCUT2D eigenvalue weighted by Crippen LogP contribution is 2.16. The quantitative estimate of drug-likeness (QED) is 0.329. The lowest BCUT2D eigenvalue weighted by Crippen LogP contribution is -2.41. The first-order valence-corrected chi connectivity index (χ1v) is 4.28. The molecule has 0 aromatic heterocycles. The molecular weight excluding hydrogens is 278 g/mol. The lowest BCUT2D eigenvalue weighted by atomic mass is 9.93. The Kier molecular flexibility index (Phi) is 9.48. The van der Waals surface area contributed by atoms with E-state index in [2.05, 4.69) is 9.68 Å².